The molecule has 4 nitrogen and oxygen atoms in total. The van der Waals surface area contributed by atoms with E-state index in [1.165, 1.54) is 43.5 Å². The Hall–Kier alpha value is -2.46. The smallest absolute Gasteiger partial charge is 0.247 e. The van der Waals surface area contributed by atoms with Gasteiger partial charge in [0, 0.05) is 37.5 Å². The molecule has 0 bridgehead atoms. The molecule has 1 saturated carbocycles. The van der Waals surface area contributed by atoms with Crippen LogP contribution in [-0.4, -0.2) is 35.4 Å². The maximum atomic E-state index is 12.6. The first-order chi connectivity index (χ1) is 13.7. The first-order valence-electron chi connectivity index (χ1n) is 10.4. The summed E-state index contributed by atoms with van der Waals surface area (Å²) in [6.07, 6.45) is 10.2. The van der Waals surface area contributed by atoms with Gasteiger partial charge in [0.1, 0.15) is 0 Å². The predicted octanol–water partition coefficient (Wildman–Crippen LogP) is 3.44. The summed E-state index contributed by atoms with van der Waals surface area (Å²) in [5.74, 6) is 0.751. The zero-order chi connectivity index (χ0) is 19.0. The van der Waals surface area contributed by atoms with Gasteiger partial charge < -0.3 is 5.32 Å². The average molecular weight is 374 g/mol. The number of nitrogens with zero attached hydrogens (tertiary/aromatic N) is 2. The van der Waals surface area contributed by atoms with Crippen LogP contribution < -0.4 is 5.32 Å². The van der Waals surface area contributed by atoms with E-state index in [1.54, 1.807) is 6.20 Å². The minimum absolute atomic E-state index is 0.0970. The van der Waals surface area contributed by atoms with Crippen LogP contribution in [0.5, 0.6) is 0 Å². The Kier molecular flexibility index (Phi) is 4.52. The molecule has 1 aromatic carbocycles. The van der Waals surface area contributed by atoms with E-state index in [0.717, 1.165) is 30.6 Å². The van der Waals surface area contributed by atoms with E-state index in [2.05, 4.69) is 45.5 Å². The molecule has 1 atom stereocenters. The lowest BCUT2D eigenvalue weighted by Gasteiger charge is -2.33. The van der Waals surface area contributed by atoms with Gasteiger partial charge in [-0.05, 0) is 72.5 Å². The molecular formula is C24H27N3O. The molecule has 1 aliphatic heterocycles. The van der Waals surface area contributed by atoms with Crippen molar-refractivity contribution in [1.82, 2.24) is 15.2 Å². The van der Waals surface area contributed by atoms with E-state index in [9.17, 15) is 4.79 Å². The number of aromatic nitrogens is 1. The number of carbonyl (C=O) groups is 1. The van der Waals surface area contributed by atoms with Crippen molar-refractivity contribution in [2.75, 3.05) is 19.6 Å². The third-order valence-corrected chi connectivity index (χ3v) is 6.92. The number of carbonyl (C=O) groups excluding carboxylic acids is 1. The molecule has 1 aromatic heterocycles. The van der Waals surface area contributed by atoms with Gasteiger partial charge in [0.2, 0.25) is 5.91 Å². The van der Waals surface area contributed by atoms with Gasteiger partial charge in [-0.25, -0.2) is 0 Å². The Bertz CT molecular complexity index is 897. The van der Waals surface area contributed by atoms with E-state index in [-0.39, 0.29) is 5.91 Å². The van der Waals surface area contributed by atoms with Crippen molar-refractivity contribution in [2.24, 2.45) is 11.3 Å². The van der Waals surface area contributed by atoms with Gasteiger partial charge in [-0.15, -0.1) is 0 Å². The van der Waals surface area contributed by atoms with Crippen molar-refractivity contribution in [3.63, 3.8) is 0 Å². The van der Waals surface area contributed by atoms with E-state index >= 15 is 0 Å². The molecule has 2 heterocycles. The molecule has 144 valence electrons. The third-order valence-electron chi connectivity index (χ3n) is 6.92. The van der Waals surface area contributed by atoms with E-state index in [0.29, 0.717) is 11.3 Å². The zero-order valence-corrected chi connectivity index (χ0v) is 16.2. The second-order valence-corrected chi connectivity index (χ2v) is 8.66. The fraction of sp³-hybridized carbons (Fsp3) is 0.417. The molecule has 3 aliphatic rings. The first kappa shape index (κ1) is 17.6. The second kappa shape index (κ2) is 7.17. The summed E-state index contributed by atoms with van der Waals surface area (Å²) < 4.78 is 0. The fourth-order valence-electron chi connectivity index (χ4n) is 4.98. The summed E-state index contributed by atoms with van der Waals surface area (Å²) >= 11 is 0. The number of likely N-dealkylation sites (tertiary alicyclic amines) is 1. The van der Waals surface area contributed by atoms with Crippen LogP contribution in [0.4, 0.5) is 0 Å². The highest BCUT2D eigenvalue weighted by atomic mass is 16.1. The Morgan fingerprint density at radius 2 is 2.00 bits per heavy atom. The van der Waals surface area contributed by atoms with Gasteiger partial charge in [0.25, 0.3) is 0 Å². The molecule has 0 radical (unpaired) electrons. The molecule has 1 amide bonds. The van der Waals surface area contributed by atoms with E-state index in [1.807, 2.05) is 18.3 Å². The Morgan fingerprint density at radius 3 is 2.79 bits per heavy atom. The molecular weight excluding hydrogens is 346 g/mol. The summed E-state index contributed by atoms with van der Waals surface area (Å²) in [4.78, 5) is 19.3. The molecule has 1 saturated heterocycles. The SMILES string of the molecule is O=C(NCC1CC12CCN(Cc1ccccc1)CC2)C1=Cc2cnccc2C1. The fourth-order valence-corrected chi connectivity index (χ4v) is 4.98. The lowest BCUT2D eigenvalue weighted by atomic mass is 9.90. The number of benzene rings is 1. The third kappa shape index (κ3) is 3.49. The van der Waals surface area contributed by atoms with Gasteiger partial charge in [-0.1, -0.05) is 30.3 Å². The number of pyridine rings is 1. The van der Waals surface area contributed by atoms with Crippen molar-refractivity contribution in [1.29, 1.82) is 0 Å². The summed E-state index contributed by atoms with van der Waals surface area (Å²) in [5.41, 5.74) is 5.04. The van der Waals surface area contributed by atoms with Crippen molar-refractivity contribution < 1.29 is 4.79 Å². The van der Waals surface area contributed by atoms with Crippen LogP contribution >= 0.6 is 0 Å². The highest BCUT2D eigenvalue weighted by Crippen LogP contribution is 2.59. The zero-order valence-electron chi connectivity index (χ0n) is 16.2. The highest BCUT2D eigenvalue weighted by Gasteiger charge is 2.54. The minimum atomic E-state index is 0.0970. The van der Waals surface area contributed by atoms with E-state index < -0.39 is 0 Å². The second-order valence-electron chi connectivity index (χ2n) is 8.66. The van der Waals surface area contributed by atoms with Crippen molar-refractivity contribution >= 4 is 12.0 Å². The molecule has 28 heavy (non-hydrogen) atoms. The Morgan fingerprint density at radius 1 is 1.18 bits per heavy atom. The summed E-state index contributed by atoms with van der Waals surface area (Å²) in [6.45, 7) is 4.23. The van der Waals surface area contributed by atoms with Crippen LogP contribution in [0.1, 0.15) is 36.0 Å². The van der Waals surface area contributed by atoms with Crippen LogP contribution in [0.3, 0.4) is 0 Å². The van der Waals surface area contributed by atoms with Gasteiger partial charge in [0.15, 0.2) is 0 Å². The lowest BCUT2D eigenvalue weighted by molar-refractivity contribution is -0.117. The van der Waals surface area contributed by atoms with Gasteiger partial charge in [-0.2, -0.15) is 0 Å². The molecule has 4 heteroatoms. The highest BCUT2D eigenvalue weighted by molar-refractivity contribution is 6.00. The summed E-state index contributed by atoms with van der Waals surface area (Å²) in [6, 6.07) is 12.8. The molecule has 2 aliphatic carbocycles. The lowest BCUT2D eigenvalue weighted by Crippen LogP contribution is -2.36. The van der Waals surface area contributed by atoms with Crippen molar-refractivity contribution in [2.45, 2.75) is 32.2 Å². The average Bonchev–Trinajstić information content (AvgIpc) is 3.20. The quantitative estimate of drug-likeness (QED) is 0.873. The van der Waals surface area contributed by atoms with Crippen LogP contribution in [0.15, 0.2) is 54.4 Å². The predicted molar refractivity (Wildman–Crippen MR) is 110 cm³/mol. The van der Waals surface area contributed by atoms with Crippen LogP contribution in [0.2, 0.25) is 0 Å². The molecule has 1 spiro atoms. The van der Waals surface area contributed by atoms with E-state index in [4.69, 9.17) is 0 Å². The van der Waals surface area contributed by atoms with Crippen LogP contribution in [-0.2, 0) is 17.8 Å². The molecule has 1 N–H and O–H groups in total. The van der Waals surface area contributed by atoms with Gasteiger partial charge in [0.05, 0.1) is 0 Å². The summed E-state index contributed by atoms with van der Waals surface area (Å²) in [5, 5.41) is 3.20. The maximum absolute atomic E-state index is 12.6. The van der Waals surface area contributed by atoms with Gasteiger partial charge in [-0.3, -0.25) is 14.7 Å². The molecule has 1 unspecified atom stereocenters. The summed E-state index contributed by atoms with van der Waals surface area (Å²) in [7, 11) is 0. The van der Waals surface area contributed by atoms with Crippen LogP contribution in [0, 0.1) is 11.3 Å². The first-order valence-corrected chi connectivity index (χ1v) is 10.4. The topological polar surface area (TPSA) is 45.2 Å². The maximum Gasteiger partial charge on any atom is 0.247 e. The molecule has 5 rings (SSSR count). The monoisotopic (exact) mass is 373 g/mol. The minimum Gasteiger partial charge on any atom is -0.352 e. The van der Waals surface area contributed by atoms with Gasteiger partial charge >= 0.3 is 0 Å². The molecule has 2 aromatic rings. The molecule has 2 fully saturated rings. The number of hydrogen-bond donors (Lipinski definition) is 1. The number of hydrogen-bond acceptors (Lipinski definition) is 3. The number of rotatable bonds is 5. The number of nitrogens with one attached hydrogen (secondary N) is 1. The standard InChI is InChI=1S/C24H27N3O/c28-23(20-12-19-6-9-25-15-21(19)13-20)26-16-22-14-24(22)7-10-27(11-8-24)17-18-4-2-1-3-5-18/h1-6,9,13,15,22H,7-8,10-12,14,16-17H2,(H,26,28). The number of amides is 1. The normalized spacial score (nSPS) is 22.6. The largest absolute Gasteiger partial charge is 0.352 e. The Labute approximate surface area is 166 Å². The number of fused-ring (bicyclic) bond motifs is 1. The van der Waals surface area contributed by atoms with Crippen molar-refractivity contribution in [3.05, 3.63) is 71.1 Å². The van der Waals surface area contributed by atoms with Crippen molar-refractivity contribution in [3.8, 4) is 0 Å². The Balaban J connectivity index is 1.09. The van der Waals surface area contributed by atoms with Crippen LogP contribution in [0.25, 0.3) is 6.08 Å². The number of piperidine rings is 1.